The average Bonchev–Trinajstić information content (AvgIpc) is 3.52. The van der Waals surface area contributed by atoms with Crippen LogP contribution in [0.2, 0.25) is 0 Å². The molecule has 0 bridgehead atoms. The number of benzene rings is 7. The second-order valence-electron chi connectivity index (χ2n) is 10.7. The first-order valence-electron chi connectivity index (χ1n) is 14.2. The van der Waals surface area contributed by atoms with Crippen LogP contribution >= 0.6 is 0 Å². The summed E-state index contributed by atoms with van der Waals surface area (Å²) >= 11 is 0. The number of oxazole rings is 1. The van der Waals surface area contributed by atoms with Crippen molar-refractivity contribution >= 4 is 38.3 Å². The fourth-order valence-corrected chi connectivity index (χ4v) is 5.97. The number of rotatable bonds is 4. The molecule has 8 rings (SSSR count). The van der Waals surface area contributed by atoms with Gasteiger partial charge in [-0.25, -0.2) is 9.83 Å². The third-order valence-corrected chi connectivity index (χ3v) is 8.12. The van der Waals surface area contributed by atoms with Crippen molar-refractivity contribution in [2.24, 2.45) is 0 Å². The Morgan fingerprint density at radius 3 is 1.86 bits per heavy atom. The van der Waals surface area contributed by atoms with Crippen LogP contribution in [-0.4, -0.2) is 4.98 Å². The van der Waals surface area contributed by atoms with E-state index in [0.29, 0.717) is 11.6 Å². The van der Waals surface area contributed by atoms with Gasteiger partial charge >= 0.3 is 0 Å². The summed E-state index contributed by atoms with van der Waals surface area (Å²) in [6.45, 7) is 7.36. The van der Waals surface area contributed by atoms with Crippen molar-refractivity contribution in [2.75, 3.05) is 0 Å². The van der Waals surface area contributed by atoms with Crippen molar-refractivity contribution in [1.29, 1.82) is 0 Å². The van der Waals surface area contributed by atoms with Crippen molar-refractivity contribution in [1.82, 2.24) is 4.98 Å². The monoisotopic (exact) mass is 548 g/mol. The molecule has 1 heterocycles. The molecule has 0 saturated heterocycles. The molecule has 0 N–H and O–H groups in total. The van der Waals surface area contributed by atoms with Gasteiger partial charge in [0.15, 0.2) is 11.3 Å². The molecule has 0 radical (unpaired) electrons. The van der Waals surface area contributed by atoms with Crippen molar-refractivity contribution in [3.8, 4) is 44.8 Å². The molecule has 0 aliphatic heterocycles. The molecule has 0 unspecified atom stereocenters. The molecule has 8 aromatic rings. The average molecular weight is 549 g/mol. The number of aromatic nitrogens is 1. The molecule has 3 nitrogen and oxygen atoms in total. The lowest BCUT2D eigenvalue weighted by atomic mass is 9.91. The quantitative estimate of drug-likeness (QED) is 0.162. The first kappa shape index (κ1) is 24.8. The lowest BCUT2D eigenvalue weighted by Gasteiger charge is -2.13. The van der Waals surface area contributed by atoms with E-state index < -0.39 is 0 Å². The van der Waals surface area contributed by atoms with Gasteiger partial charge in [0, 0.05) is 11.1 Å². The zero-order valence-electron chi connectivity index (χ0n) is 23.2. The van der Waals surface area contributed by atoms with Gasteiger partial charge in [0.25, 0.3) is 0 Å². The first-order chi connectivity index (χ1) is 21.2. The van der Waals surface area contributed by atoms with Crippen LogP contribution in [0.3, 0.4) is 0 Å². The third kappa shape index (κ3) is 4.34. The van der Waals surface area contributed by atoms with E-state index in [9.17, 15) is 0 Å². The Morgan fingerprint density at radius 1 is 0.488 bits per heavy atom. The summed E-state index contributed by atoms with van der Waals surface area (Å²) in [5, 5.41) is 4.77. The van der Waals surface area contributed by atoms with Gasteiger partial charge in [-0.15, -0.1) is 0 Å². The van der Waals surface area contributed by atoms with E-state index in [1.165, 1.54) is 27.1 Å². The minimum absolute atomic E-state index is 0.585. The maximum Gasteiger partial charge on any atom is 0.227 e. The SMILES string of the molecule is [C-]#[N+]c1ccc(-c2cc(-c3cc4ccccc4c4ccccc34)c3nc(-c4ccc(-c5ccccc5)cc4)oc3c2)cc1. The fraction of sp³-hybridized carbons (Fsp3) is 0. The Hall–Kier alpha value is -5.98. The van der Waals surface area contributed by atoms with Crippen molar-refractivity contribution in [3.05, 3.63) is 157 Å². The molecule has 43 heavy (non-hydrogen) atoms. The van der Waals surface area contributed by atoms with Crippen LogP contribution in [0.4, 0.5) is 5.69 Å². The van der Waals surface area contributed by atoms with E-state index in [0.717, 1.165) is 44.5 Å². The molecule has 0 atom stereocenters. The van der Waals surface area contributed by atoms with Gasteiger partial charge in [-0.3, -0.25) is 0 Å². The lowest BCUT2D eigenvalue weighted by molar-refractivity contribution is 0.620. The third-order valence-electron chi connectivity index (χ3n) is 8.12. The van der Waals surface area contributed by atoms with Gasteiger partial charge in [-0.1, -0.05) is 115 Å². The van der Waals surface area contributed by atoms with E-state index in [1.807, 2.05) is 30.3 Å². The summed E-state index contributed by atoms with van der Waals surface area (Å²) in [6, 6.07) is 50.0. The highest BCUT2D eigenvalue weighted by molar-refractivity contribution is 6.16. The molecule has 0 aliphatic carbocycles. The molecule has 7 aromatic carbocycles. The summed E-state index contributed by atoms with van der Waals surface area (Å²) in [6.07, 6.45) is 0. The van der Waals surface area contributed by atoms with Crippen LogP contribution in [0.25, 0.3) is 82.3 Å². The Bertz CT molecular complexity index is 2330. The Balaban J connectivity index is 1.36. The van der Waals surface area contributed by atoms with Gasteiger partial charge in [0.2, 0.25) is 5.89 Å². The molecule has 0 fully saturated rings. The maximum atomic E-state index is 7.36. The molecule has 0 spiro atoms. The van der Waals surface area contributed by atoms with Crippen LogP contribution < -0.4 is 0 Å². The predicted octanol–water partition coefficient (Wildman–Crippen LogP) is 11.4. The highest BCUT2D eigenvalue weighted by Crippen LogP contribution is 2.41. The summed E-state index contributed by atoms with van der Waals surface area (Å²) in [4.78, 5) is 8.67. The largest absolute Gasteiger partial charge is 0.436 e. The van der Waals surface area contributed by atoms with E-state index in [1.54, 1.807) is 0 Å². The summed E-state index contributed by atoms with van der Waals surface area (Å²) in [7, 11) is 0. The normalized spacial score (nSPS) is 11.2. The van der Waals surface area contributed by atoms with Crippen molar-refractivity contribution in [2.45, 2.75) is 0 Å². The van der Waals surface area contributed by atoms with Gasteiger partial charge in [0.05, 0.1) is 6.57 Å². The number of hydrogen-bond donors (Lipinski definition) is 0. The summed E-state index contributed by atoms with van der Waals surface area (Å²) in [5.74, 6) is 0.585. The minimum atomic E-state index is 0.585. The second kappa shape index (κ2) is 10.1. The predicted molar refractivity (Wildman–Crippen MR) is 177 cm³/mol. The fourth-order valence-electron chi connectivity index (χ4n) is 5.97. The first-order valence-corrected chi connectivity index (χ1v) is 14.2. The molecule has 200 valence electrons. The van der Waals surface area contributed by atoms with Crippen molar-refractivity contribution < 1.29 is 4.42 Å². The molecule has 1 aromatic heterocycles. The van der Waals surface area contributed by atoms with E-state index in [2.05, 4.69) is 120 Å². The van der Waals surface area contributed by atoms with Crippen molar-refractivity contribution in [3.63, 3.8) is 0 Å². The second-order valence-corrected chi connectivity index (χ2v) is 10.7. The summed E-state index contributed by atoms with van der Waals surface area (Å²) in [5.41, 5.74) is 9.56. The highest BCUT2D eigenvalue weighted by atomic mass is 16.3. The zero-order valence-corrected chi connectivity index (χ0v) is 23.2. The van der Waals surface area contributed by atoms with Crippen LogP contribution in [0.5, 0.6) is 0 Å². The highest BCUT2D eigenvalue weighted by Gasteiger charge is 2.18. The number of nitrogens with zero attached hydrogens (tertiary/aromatic N) is 2. The smallest absolute Gasteiger partial charge is 0.227 e. The standard InChI is InChI=1S/C40H24N2O/c1-41-32-21-19-28(20-22-32)31-24-37(36-23-30-11-5-6-12-33(30)34-13-7-8-14-35(34)36)39-38(25-31)43-40(42-39)29-17-15-27(16-18-29)26-9-3-2-4-10-26/h2-25H. The van der Waals surface area contributed by atoms with E-state index in [4.69, 9.17) is 16.0 Å². The molecule has 0 aliphatic rings. The Labute approximate surface area is 249 Å². The number of fused-ring (bicyclic) bond motifs is 4. The van der Waals surface area contributed by atoms with Gasteiger partial charge in [-0.05, 0) is 79.7 Å². The van der Waals surface area contributed by atoms with Crippen LogP contribution in [0.15, 0.2) is 150 Å². The van der Waals surface area contributed by atoms with E-state index >= 15 is 0 Å². The van der Waals surface area contributed by atoms with Gasteiger partial charge in [0.1, 0.15) is 5.52 Å². The van der Waals surface area contributed by atoms with Crippen LogP contribution in [-0.2, 0) is 0 Å². The summed E-state index contributed by atoms with van der Waals surface area (Å²) < 4.78 is 6.51. The molecule has 0 amide bonds. The Kier molecular flexibility index (Phi) is 5.84. The maximum absolute atomic E-state index is 7.36. The number of hydrogen-bond acceptors (Lipinski definition) is 2. The minimum Gasteiger partial charge on any atom is -0.436 e. The molecule has 0 saturated carbocycles. The van der Waals surface area contributed by atoms with Crippen LogP contribution in [0.1, 0.15) is 0 Å². The topological polar surface area (TPSA) is 30.4 Å². The zero-order chi connectivity index (χ0) is 28.8. The van der Waals surface area contributed by atoms with Crippen LogP contribution in [0, 0.1) is 6.57 Å². The lowest BCUT2D eigenvalue weighted by Crippen LogP contribution is -1.88. The molecular weight excluding hydrogens is 524 g/mol. The van der Waals surface area contributed by atoms with Gasteiger partial charge in [-0.2, -0.15) is 0 Å². The molecular formula is C40H24N2O. The Morgan fingerprint density at radius 2 is 1.09 bits per heavy atom. The van der Waals surface area contributed by atoms with Gasteiger partial charge < -0.3 is 4.42 Å². The molecule has 3 heteroatoms. The van der Waals surface area contributed by atoms with E-state index in [-0.39, 0.29) is 0 Å².